The number of hydrogen-bond acceptors (Lipinski definition) is 2. The van der Waals surface area contributed by atoms with Crippen LogP contribution in [-0.4, -0.2) is 29.7 Å². The quantitative estimate of drug-likeness (QED) is 0.444. The second-order valence-electron chi connectivity index (χ2n) is 3.14. The molecular weight excluding hydrogens is 196 g/mol. The van der Waals surface area contributed by atoms with E-state index in [2.05, 4.69) is 16.6 Å². The molecule has 0 saturated carbocycles. The second-order valence-corrected chi connectivity index (χ2v) is 3.14. The molecule has 0 aromatic heterocycles. The molecule has 0 saturated heterocycles. The smallest absolute Gasteiger partial charge is 0.315 e. The Morgan fingerprint density at radius 1 is 1.47 bits per heavy atom. The molecule has 0 aliphatic rings. The second kappa shape index (κ2) is 7.68. The van der Waals surface area contributed by atoms with Crippen LogP contribution in [-0.2, 0) is 4.79 Å². The molecule has 0 rings (SSSR count). The Hall–Kier alpha value is -1.70. The molecule has 2 amide bonds. The fraction of sp³-hybridized carbons (Fsp3) is 0.600. The summed E-state index contributed by atoms with van der Waals surface area (Å²) in [7, 11) is 0. The number of hydrogen-bond donors (Lipinski definition) is 3. The van der Waals surface area contributed by atoms with Crippen molar-refractivity contribution in [1.29, 1.82) is 0 Å². The van der Waals surface area contributed by atoms with Gasteiger partial charge in [0.1, 0.15) is 0 Å². The molecule has 5 heteroatoms. The van der Waals surface area contributed by atoms with Crippen molar-refractivity contribution in [1.82, 2.24) is 10.6 Å². The maximum atomic E-state index is 11.1. The average Bonchev–Trinajstić information content (AvgIpc) is 2.16. The first-order valence-electron chi connectivity index (χ1n) is 4.78. The van der Waals surface area contributed by atoms with Crippen LogP contribution in [0.4, 0.5) is 4.79 Å². The van der Waals surface area contributed by atoms with E-state index in [0.29, 0.717) is 19.4 Å². The van der Waals surface area contributed by atoms with Crippen LogP contribution in [0.3, 0.4) is 0 Å². The predicted molar refractivity (Wildman–Crippen MR) is 56.3 cm³/mol. The number of rotatable bonds is 6. The molecule has 0 aromatic rings. The molecule has 0 fully saturated rings. The van der Waals surface area contributed by atoms with E-state index in [4.69, 9.17) is 11.5 Å². The molecule has 0 aliphatic heterocycles. The molecule has 0 spiro atoms. The first-order valence-corrected chi connectivity index (χ1v) is 4.78. The van der Waals surface area contributed by atoms with E-state index in [1.165, 1.54) is 0 Å². The van der Waals surface area contributed by atoms with Crippen molar-refractivity contribution in [3.8, 4) is 12.3 Å². The van der Waals surface area contributed by atoms with Crippen molar-refractivity contribution in [3.63, 3.8) is 0 Å². The minimum absolute atomic E-state index is 0.129. The normalized spacial score (nSPS) is 11.2. The van der Waals surface area contributed by atoms with Crippen molar-refractivity contribution in [2.75, 3.05) is 6.54 Å². The number of amides is 2. The molecule has 1 unspecified atom stereocenters. The Balaban J connectivity index is 3.40. The van der Waals surface area contributed by atoms with E-state index in [1.807, 2.05) is 0 Å². The fourth-order valence-electron chi connectivity index (χ4n) is 0.892. The van der Waals surface area contributed by atoms with E-state index in [1.54, 1.807) is 6.92 Å². The summed E-state index contributed by atoms with van der Waals surface area (Å²) in [6.07, 6.45) is 6.40. The number of aliphatic carboxylic acids is 1. The van der Waals surface area contributed by atoms with Gasteiger partial charge in [0.2, 0.25) is 0 Å². The summed E-state index contributed by atoms with van der Waals surface area (Å²) >= 11 is 0. The van der Waals surface area contributed by atoms with Crippen LogP contribution in [0.5, 0.6) is 0 Å². The first-order chi connectivity index (χ1) is 7.06. The van der Waals surface area contributed by atoms with Gasteiger partial charge in [-0.2, -0.15) is 0 Å². The van der Waals surface area contributed by atoms with E-state index in [9.17, 15) is 9.59 Å². The standard InChI is InChI=1S/C10H16N2O3/c1-3-8(2)12-10(15)11-7-5-4-6-9(13)14/h1,8H,4-7H2,2H3,(H,13,14)(H2,11,12,15). The molecule has 0 bridgehead atoms. The SMILES string of the molecule is C#CC(C)NC(=O)NCCCCC(=O)O. The summed E-state index contributed by atoms with van der Waals surface area (Å²) < 4.78 is 0. The lowest BCUT2D eigenvalue weighted by Gasteiger charge is -2.08. The van der Waals surface area contributed by atoms with E-state index in [-0.39, 0.29) is 18.5 Å². The van der Waals surface area contributed by atoms with Crippen LogP contribution in [0.25, 0.3) is 0 Å². The summed E-state index contributed by atoms with van der Waals surface area (Å²) in [5, 5.41) is 13.5. The van der Waals surface area contributed by atoms with Crippen LogP contribution in [0.1, 0.15) is 26.2 Å². The van der Waals surface area contributed by atoms with Gasteiger partial charge in [-0.15, -0.1) is 6.42 Å². The van der Waals surface area contributed by atoms with Gasteiger partial charge >= 0.3 is 12.0 Å². The van der Waals surface area contributed by atoms with Crippen LogP contribution in [0, 0.1) is 12.3 Å². The number of carboxylic acid groups (broad SMARTS) is 1. The number of urea groups is 1. The van der Waals surface area contributed by atoms with Crippen LogP contribution in [0.15, 0.2) is 0 Å². The van der Waals surface area contributed by atoms with Crippen molar-refractivity contribution in [2.45, 2.75) is 32.2 Å². The summed E-state index contributed by atoms with van der Waals surface area (Å²) in [5.74, 6) is 1.54. The molecule has 0 aromatic carbocycles. The minimum Gasteiger partial charge on any atom is -0.481 e. The summed E-state index contributed by atoms with van der Waals surface area (Å²) in [4.78, 5) is 21.2. The monoisotopic (exact) mass is 212 g/mol. The Kier molecular flexibility index (Phi) is 6.81. The number of carbonyl (C=O) groups is 2. The van der Waals surface area contributed by atoms with Gasteiger partial charge in [0.15, 0.2) is 0 Å². The predicted octanol–water partition coefficient (Wildman–Crippen LogP) is 0.562. The van der Waals surface area contributed by atoms with E-state index < -0.39 is 5.97 Å². The van der Waals surface area contributed by atoms with Gasteiger partial charge in [-0.3, -0.25) is 4.79 Å². The number of carboxylic acids is 1. The molecule has 1 atom stereocenters. The van der Waals surface area contributed by atoms with Crippen molar-refractivity contribution < 1.29 is 14.7 Å². The largest absolute Gasteiger partial charge is 0.481 e. The Labute approximate surface area is 89.2 Å². The zero-order chi connectivity index (χ0) is 11.7. The Morgan fingerprint density at radius 2 is 2.13 bits per heavy atom. The molecule has 0 radical (unpaired) electrons. The molecule has 15 heavy (non-hydrogen) atoms. The lowest BCUT2D eigenvalue weighted by atomic mass is 10.2. The molecule has 3 N–H and O–H groups in total. The van der Waals surface area contributed by atoms with Gasteiger partial charge in [-0.1, -0.05) is 5.92 Å². The zero-order valence-electron chi connectivity index (χ0n) is 8.75. The molecule has 0 heterocycles. The number of carbonyl (C=O) groups excluding carboxylic acids is 1. The molecule has 0 aliphatic carbocycles. The third-order valence-corrected chi connectivity index (χ3v) is 1.70. The van der Waals surface area contributed by atoms with Gasteiger partial charge in [-0.25, -0.2) is 4.79 Å². The fourth-order valence-corrected chi connectivity index (χ4v) is 0.892. The Bertz CT molecular complexity index is 258. The molecular formula is C10H16N2O3. The van der Waals surface area contributed by atoms with Crippen LogP contribution in [0.2, 0.25) is 0 Å². The molecule has 5 nitrogen and oxygen atoms in total. The topological polar surface area (TPSA) is 78.4 Å². The van der Waals surface area contributed by atoms with Crippen molar-refractivity contribution >= 4 is 12.0 Å². The summed E-state index contributed by atoms with van der Waals surface area (Å²) in [6, 6.07) is -0.625. The lowest BCUT2D eigenvalue weighted by molar-refractivity contribution is -0.137. The first kappa shape index (κ1) is 13.3. The van der Waals surface area contributed by atoms with Crippen molar-refractivity contribution in [3.05, 3.63) is 0 Å². The third kappa shape index (κ3) is 8.63. The van der Waals surface area contributed by atoms with Gasteiger partial charge in [0.05, 0.1) is 6.04 Å². The number of nitrogens with one attached hydrogen (secondary N) is 2. The van der Waals surface area contributed by atoms with E-state index in [0.717, 1.165) is 0 Å². The molecule has 84 valence electrons. The highest BCUT2D eigenvalue weighted by Gasteiger charge is 2.02. The highest BCUT2D eigenvalue weighted by atomic mass is 16.4. The highest BCUT2D eigenvalue weighted by Crippen LogP contribution is 1.93. The zero-order valence-corrected chi connectivity index (χ0v) is 8.75. The maximum absolute atomic E-state index is 11.1. The summed E-state index contributed by atoms with van der Waals surface area (Å²) in [6.45, 7) is 2.15. The van der Waals surface area contributed by atoms with E-state index >= 15 is 0 Å². The van der Waals surface area contributed by atoms with Gasteiger partial charge in [0, 0.05) is 13.0 Å². The number of terminal acetylenes is 1. The number of unbranched alkanes of at least 4 members (excludes halogenated alkanes) is 1. The van der Waals surface area contributed by atoms with Gasteiger partial charge < -0.3 is 15.7 Å². The van der Waals surface area contributed by atoms with Crippen LogP contribution < -0.4 is 10.6 Å². The Morgan fingerprint density at radius 3 is 2.67 bits per heavy atom. The summed E-state index contributed by atoms with van der Waals surface area (Å²) in [5.41, 5.74) is 0. The minimum atomic E-state index is -0.819. The van der Waals surface area contributed by atoms with Gasteiger partial charge in [-0.05, 0) is 19.8 Å². The maximum Gasteiger partial charge on any atom is 0.315 e. The average molecular weight is 212 g/mol. The van der Waals surface area contributed by atoms with Crippen LogP contribution >= 0.6 is 0 Å². The highest BCUT2D eigenvalue weighted by molar-refractivity contribution is 5.74. The van der Waals surface area contributed by atoms with Gasteiger partial charge in [0.25, 0.3) is 0 Å². The van der Waals surface area contributed by atoms with Crippen molar-refractivity contribution in [2.24, 2.45) is 0 Å². The lowest BCUT2D eigenvalue weighted by Crippen LogP contribution is -2.40. The third-order valence-electron chi connectivity index (χ3n) is 1.70.